The first kappa shape index (κ1) is 14.4. The summed E-state index contributed by atoms with van der Waals surface area (Å²) in [5.41, 5.74) is 0.324. The van der Waals surface area contributed by atoms with E-state index in [2.05, 4.69) is 24.1 Å². The van der Waals surface area contributed by atoms with Crippen LogP contribution in [0, 0.1) is 11.6 Å². The first-order valence-electron chi connectivity index (χ1n) is 6.84. The summed E-state index contributed by atoms with van der Waals surface area (Å²) in [5, 5.41) is 3.19. The van der Waals surface area contributed by atoms with E-state index in [0.717, 1.165) is 19.2 Å². The van der Waals surface area contributed by atoms with Gasteiger partial charge in [-0.15, -0.1) is 0 Å². The van der Waals surface area contributed by atoms with Crippen molar-refractivity contribution in [1.29, 1.82) is 0 Å². The standard InChI is InChI=1S/C15H22F2N2/c1-15(2,19-8-4-5-9-19)14(18-3)12-7-6-11(16)10-13(12)17/h6-7,10,14,18H,4-5,8-9H2,1-3H3. The smallest absolute Gasteiger partial charge is 0.130 e. The molecule has 0 aliphatic carbocycles. The molecular weight excluding hydrogens is 246 g/mol. The van der Waals surface area contributed by atoms with Gasteiger partial charge in [-0.2, -0.15) is 0 Å². The highest BCUT2D eigenvalue weighted by Crippen LogP contribution is 2.34. The maximum Gasteiger partial charge on any atom is 0.130 e. The number of benzene rings is 1. The van der Waals surface area contributed by atoms with Crippen molar-refractivity contribution in [2.75, 3.05) is 20.1 Å². The van der Waals surface area contributed by atoms with E-state index >= 15 is 0 Å². The van der Waals surface area contributed by atoms with Crippen LogP contribution >= 0.6 is 0 Å². The SMILES string of the molecule is CNC(c1ccc(F)cc1F)C(C)(C)N1CCCC1. The monoisotopic (exact) mass is 268 g/mol. The molecule has 1 saturated heterocycles. The summed E-state index contributed by atoms with van der Waals surface area (Å²) in [5.74, 6) is -1.01. The molecule has 1 aromatic carbocycles. The Hall–Kier alpha value is -1.00. The molecule has 1 heterocycles. The minimum absolute atomic E-state index is 0.161. The van der Waals surface area contributed by atoms with Crippen LogP contribution in [0.15, 0.2) is 18.2 Å². The maximum absolute atomic E-state index is 14.0. The molecule has 1 aliphatic heterocycles. The molecule has 2 rings (SSSR count). The lowest BCUT2D eigenvalue weighted by Gasteiger charge is -2.42. The predicted molar refractivity (Wildman–Crippen MR) is 73.0 cm³/mol. The molecule has 0 spiro atoms. The second kappa shape index (κ2) is 5.55. The summed E-state index contributed by atoms with van der Waals surface area (Å²) in [6.07, 6.45) is 2.37. The van der Waals surface area contributed by atoms with Crippen molar-refractivity contribution in [3.05, 3.63) is 35.4 Å². The molecule has 1 aromatic rings. The Morgan fingerprint density at radius 1 is 1.21 bits per heavy atom. The van der Waals surface area contributed by atoms with Gasteiger partial charge in [0.1, 0.15) is 11.6 Å². The summed E-state index contributed by atoms with van der Waals surface area (Å²) in [6.45, 7) is 6.30. The van der Waals surface area contributed by atoms with Gasteiger partial charge in [-0.25, -0.2) is 8.78 Å². The molecule has 4 heteroatoms. The number of hydrogen-bond acceptors (Lipinski definition) is 2. The molecule has 1 aliphatic rings. The van der Waals surface area contributed by atoms with Gasteiger partial charge in [0.15, 0.2) is 0 Å². The zero-order valence-electron chi connectivity index (χ0n) is 11.8. The molecule has 1 fully saturated rings. The molecular formula is C15H22F2N2. The second-order valence-corrected chi connectivity index (χ2v) is 5.74. The number of nitrogens with zero attached hydrogens (tertiary/aromatic N) is 1. The van der Waals surface area contributed by atoms with Crippen molar-refractivity contribution in [3.8, 4) is 0 Å². The quantitative estimate of drug-likeness (QED) is 0.902. The molecule has 0 aromatic heterocycles. The summed E-state index contributed by atoms with van der Waals surface area (Å²) < 4.78 is 27.0. The van der Waals surface area contributed by atoms with Gasteiger partial charge in [-0.1, -0.05) is 6.07 Å². The van der Waals surface area contributed by atoms with Gasteiger partial charge in [0.05, 0.1) is 6.04 Å². The third-order valence-corrected chi connectivity index (χ3v) is 4.19. The van der Waals surface area contributed by atoms with Crippen molar-refractivity contribution < 1.29 is 8.78 Å². The van der Waals surface area contributed by atoms with Crippen LogP contribution in [0.1, 0.15) is 38.3 Å². The van der Waals surface area contributed by atoms with Crippen molar-refractivity contribution in [1.82, 2.24) is 10.2 Å². The fourth-order valence-electron chi connectivity index (χ4n) is 3.10. The van der Waals surface area contributed by atoms with Crippen molar-refractivity contribution in [3.63, 3.8) is 0 Å². The van der Waals surface area contributed by atoms with Crippen LogP contribution in [-0.4, -0.2) is 30.6 Å². The number of likely N-dealkylation sites (N-methyl/N-ethyl adjacent to an activating group) is 1. The summed E-state index contributed by atoms with van der Waals surface area (Å²) in [6, 6.07) is 3.66. The van der Waals surface area contributed by atoms with Crippen LogP contribution in [0.25, 0.3) is 0 Å². The molecule has 0 saturated carbocycles. The van der Waals surface area contributed by atoms with Gasteiger partial charge in [-0.3, -0.25) is 4.90 Å². The first-order chi connectivity index (χ1) is 8.96. The fourth-order valence-corrected chi connectivity index (χ4v) is 3.10. The first-order valence-corrected chi connectivity index (χ1v) is 6.84. The van der Waals surface area contributed by atoms with Crippen molar-refractivity contribution >= 4 is 0 Å². The van der Waals surface area contributed by atoms with Gasteiger partial charge in [-0.05, 0) is 52.9 Å². The lowest BCUT2D eigenvalue weighted by atomic mass is 9.87. The Morgan fingerprint density at radius 2 is 1.84 bits per heavy atom. The van der Waals surface area contributed by atoms with Crippen LogP contribution in [-0.2, 0) is 0 Å². The van der Waals surface area contributed by atoms with Crippen LogP contribution < -0.4 is 5.32 Å². The predicted octanol–water partition coefficient (Wildman–Crippen LogP) is 3.10. The second-order valence-electron chi connectivity index (χ2n) is 5.74. The molecule has 1 atom stereocenters. The summed E-state index contributed by atoms with van der Waals surface area (Å²) >= 11 is 0. The zero-order valence-corrected chi connectivity index (χ0v) is 11.8. The van der Waals surface area contributed by atoms with Crippen molar-refractivity contribution in [2.24, 2.45) is 0 Å². The van der Waals surface area contributed by atoms with Gasteiger partial charge in [0, 0.05) is 17.2 Å². The highest BCUT2D eigenvalue weighted by atomic mass is 19.1. The number of halogens is 2. The summed E-state index contributed by atoms with van der Waals surface area (Å²) in [7, 11) is 1.82. The Bertz CT molecular complexity index is 440. The third-order valence-electron chi connectivity index (χ3n) is 4.19. The Kier molecular flexibility index (Phi) is 4.21. The number of hydrogen-bond donors (Lipinski definition) is 1. The lowest BCUT2D eigenvalue weighted by Crippen LogP contribution is -2.51. The Morgan fingerprint density at radius 3 is 2.37 bits per heavy atom. The van der Waals surface area contributed by atoms with E-state index in [-0.39, 0.29) is 11.6 Å². The minimum atomic E-state index is -0.532. The van der Waals surface area contributed by atoms with E-state index in [1.807, 2.05) is 7.05 Å². The number of rotatable bonds is 4. The molecule has 1 unspecified atom stereocenters. The largest absolute Gasteiger partial charge is 0.311 e. The van der Waals surface area contributed by atoms with Gasteiger partial charge in [0.25, 0.3) is 0 Å². The Labute approximate surface area is 113 Å². The van der Waals surface area contributed by atoms with Gasteiger partial charge in [0.2, 0.25) is 0 Å². The molecule has 2 nitrogen and oxygen atoms in total. The molecule has 0 bridgehead atoms. The maximum atomic E-state index is 14.0. The molecule has 0 amide bonds. The van der Waals surface area contributed by atoms with Crippen LogP contribution in [0.3, 0.4) is 0 Å². The zero-order chi connectivity index (χ0) is 14.0. The highest BCUT2D eigenvalue weighted by Gasteiger charge is 2.37. The molecule has 19 heavy (non-hydrogen) atoms. The van der Waals surface area contributed by atoms with E-state index in [4.69, 9.17) is 0 Å². The van der Waals surface area contributed by atoms with Crippen LogP contribution in [0.4, 0.5) is 8.78 Å². The fraction of sp³-hybridized carbons (Fsp3) is 0.600. The van der Waals surface area contributed by atoms with Crippen molar-refractivity contribution in [2.45, 2.75) is 38.3 Å². The van der Waals surface area contributed by atoms with E-state index < -0.39 is 11.6 Å². The minimum Gasteiger partial charge on any atom is -0.311 e. The van der Waals surface area contributed by atoms with E-state index in [9.17, 15) is 8.78 Å². The Balaban J connectivity index is 2.32. The van der Waals surface area contributed by atoms with Gasteiger partial charge < -0.3 is 5.32 Å². The highest BCUT2D eigenvalue weighted by molar-refractivity contribution is 5.25. The van der Waals surface area contributed by atoms with Crippen LogP contribution in [0.5, 0.6) is 0 Å². The average molecular weight is 268 g/mol. The molecule has 1 N–H and O–H groups in total. The normalized spacial score (nSPS) is 18.8. The topological polar surface area (TPSA) is 15.3 Å². The van der Waals surface area contributed by atoms with Crippen LogP contribution in [0.2, 0.25) is 0 Å². The molecule has 106 valence electrons. The van der Waals surface area contributed by atoms with E-state index in [1.165, 1.54) is 18.9 Å². The average Bonchev–Trinajstić information content (AvgIpc) is 2.87. The van der Waals surface area contributed by atoms with Gasteiger partial charge >= 0.3 is 0 Å². The lowest BCUT2D eigenvalue weighted by molar-refractivity contribution is 0.109. The molecule has 0 radical (unpaired) electrons. The summed E-state index contributed by atoms with van der Waals surface area (Å²) in [4.78, 5) is 2.37. The number of nitrogens with one attached hydrogen (secondary N) is 1. The third kappa shape index (κ3) is 2.79. The number of likely N-dealkylation sites (tertiary alicyclic amines) is 1. The van der Waals surface area contributed by atoms with E-state index in [1.54, 1.807) is 6.07 Å². The van der Waals surface area contributed by atoms with E-state index in [0.29, 0.717) is 5.56 Å².